The highest BCUT2D eigenvalue weighted by Gasteiger charge is 2.60. The van der Waals surface area contributed by atoms with E-state index in [2.05, 4.69) is 0 Å². The molecule has 0 spiro atoms. The van der Waals surface area contributed by atoms with E-state index in [1.165, 1.54) is 0 Å². The van der Waals surface area contributed by atoms with Crippen molar-refractivity contribution in [1.29, 1.82) is 0 Å². The first-order valence-electron chi connectivity index (χ1n) is 3.47. The fraction of sp³-hybridized carbons (Fsp3) is 1.00. The summed E-state index contributed by atoms with van der Waals surface area (Å²) in [5.74, 6) is 0. The minimum absolute atomic E-state index is 0.00810. The molecule has 4 heteroatoms. The highest BCUT2D eigenvalue weighted by molar-refractivity contribution is 5.02. The Kier molecular flexibility index (Phi) is 0.840. The third-order valence-corrected chi connectivity index (χ3v) is 2.29. The van der Waals surface area contributed by atoms with Crippen molar-refractivity contribution in [2.75, 3.05) is 6.61 Å². The van der Waals surface area contributed by atoms with Gasteiger partial charge in [-0.1, -0.05) is 0 Å². The predicted octanol–water partition coefficient (Wildman–Crippen LogP) is -1.13. The third kappa shape index (κ3) is 0.509. The Labute approximate surface area is 57.7 Å². The molecule has 3 saturated heterocycles. The lowest BCUT2D eigenvalue weighted by molar-refractivity contribution is -0.0658. The van der Waals surface area contributed by atoms with E-state index in [1.54, 1.807) is 0 Å². The van der Waals surface area contributed by atoms with Gasteiger partial charge in [0.15, 0.2) is 6.29 Å². The molecule has 0 aromatic carbocycles. The van der Waals surface area contributed by atoms with Crippen molar-refractivity contribution in [3.8, 4) is 0 Å². The van der Waals surface area contributed by atoms with E-state index in [0.717, 1.165) is 0 Å². The van der Waals surface area contributed by atoms with Gasteiger partial charge in [-0.15, -0.1) is 0 Å². The third-order valence-electron chi connectivity index (χ3n) is 2.29. The molecular formula is C6H8O4. The Hall–Kier alpha value is -0.160. The summed E-state index contributed by atoms with van der Waals surface area (Å²) >= 11 is 0. The summed E-state index contributed by atoms with van der Waals surface area (Å²) in [6, 6.07) is 0. The second-order valence-electron chi connectivity index (χ2n) is 2.93. The summed E-state index contributed by atoms with van der Waals surface area (Å²) < 4.78 is 15.6. The van der Waals surface area contributed by atoms with Crippen molar-refractivity contribution < 1.29 is 19.3 Å². The molecule has 3 rings (SSSR count). The normalized spacial score (nSPS) is 63.9. The molecule has 3 aliphatic heterocycles. The molecule has 4 nitrogen and oxygen atoms in total. The van der Waals surface area contributed by atoms with Gasteiger partial charge in [0.2, 0.25) is 0 Å². The smallest absolute Gasteiger partial charge is 0.187 e. The zero-order valence-corrected chi connectivity index (χ0v) is 5.27. The summed E-state index contributed by atoms with van der Waals surface area (Å²) in [5, 5.41) is 9.38. The number of hydrogen-bond donors (Lipinski definition) is 1. The van der Waals surface area contributed by atoms with Gasteiger partial charge in [-0.2, -0.15) is 0 Å². The molecule has 56 valence electrons. The number of fused-ring (bicyclic) bond motifs is 4. The molecule has 10 heavy (non-hydrogen) atoms. The van der Waals surface area contributed by atoms with Crippen LogP contribution in [-0.2, 0) is 14.2 Å². The second-order valence-corrected chi connectivity index (χ2v) is 2.93. The highest BCUT2D eigenvalue weighted by Crippen LogP contribution is 2.40. The van der Waals surface area contributed by atoms with Crippen molar-refractivity contribution in [3.63, 3.8) is 0 Å². The molecule has 2 bridgehead atoms. The minimum atomic E-state index is -0.469. The molecule has 0 unspecified atom stereocenters. The Balaban J connectivity index is 1.92. The van der Waals surface area contributed by atoms with Crippen molar-refractivity contribution in [3.05, 3.63) is 0 Å². The maximum atomic E-state index is 9.38. The predicted molar refractivity (Wildman–Crippen MR) is 29.3 cm³/mol. The molecule has 3 heterocycles. The van der Waals surface area contributed by atoms with Crippen LogP contribution in [0.1, 0.15) is 0 Å². The number of ether oxygens (including phenoxy) is 3. The topological polar surface area (TPSA) is 51.2 Å². The van der Waals surface area contributed by atoms with E-state index in [-0.39, 0.29) is 24.6 Å². The number of aliphatic hydroxyl groups is 1. The van der Waals surface area contributed by atoms with E-state index in [9.17, 15) is 5.11 Å². The Bertz CT molecular complexity index is 171. The number of aliphatic hydroxyl groups excluding tert-OH is 1. The van der Waals surface area contributed by atoms with Gasteiger partial charge in [0.25, 0.3) is 0 Å². The average molecular weight is 144 g/mol. The van der Waals surface area contributed by atoms with Crippen LogP contribution in [0.5, 0.6) is 0 Å². The first-order valence-corrected chi connectivity index (χ1v) is 3.47. The van der Waals surface area contributed by atoms with Gasteiger partial charge >= 0.3 is 0 Å². The zero-order valence-electron chi connectivity index (χ0n) is 5.27. The molecule has 3 fully saturated rings. The fourth-order valence-electron chi connectivity index (χ4n) is 1.65. The van der Waals surface area contributed by atoms with Gasteiger partial charge in [0, 0.05) is 0 Å². The second kappa shape index (κ2) is 1.53. The fourth-order valence-corrected chi connectivity index (χ4v) is 1.65. The molecule has 0 amide bonds. The summed E-state index contributed by atoms with van der Waals surface area (Å²) in [4.78, 5) is 0. The summed E-state index contributed by atoms with van der Waals surface area (Å²) in [7, 11) is 0. The van der Waals surface area contributed by atoms with Crippen LogP contribution in [0, 0.1) is 0 Å². The minimum Gasteiger partial charge on any atom is -0.387 e. The average Bonchev–Trinajstić information content (AvgIpc) is 2.55. The molecule has 0 radical (unpaired) electrons. The van der Waals surface area contributed by atoms with E-state index in [1.807, 2.05) is 0 Å². The first kappa shape index (κ1) is 5.49. The quantitative estimate of drug-likeness (QED) is 0.437. The lowest BCUT2D eigenvalue weighted by atomic mass is 10.1. The summed E-state index contributed by atoms with van der Waals surface area (Å²) in [6.07, 6.45) is -0.809. The number of epoxide rings is 1. The molecule has 0 aromatic heterocycles. The molecule has 3 aliphatic rings. The van der Waals surface area contributed by atoms with Crippen LogP contribution < -0.4 is 0 Å². The molecule has 0 aromatic rings. The number of hydrogen-bond acceptors (Lipinski definition) is 4. The van der Waals surface area contributed by atoms with Crippen molar-refractivity contribution in [2.45, 2.75) is 30.7 Å². The number of rotatable bonds is 0. The van der Waals surface area contributed by atoms with E-state index < -0.39 is 6.10 Å². The lowest BCUT2D eigenvalue weighted by Gasteiger charge is -2.19. The van der Waals surface area contributed by atoms with Gasteiger partial charge in [-0.05, 0) is 0 Å². The highest BCUT2D eigenvalue weighted by atomic mass is 16.8. The first-order chi connectivity index (χ1) is 4.86. The Morgan fingerprint density at radius 1 is 1.20 bits per heavy atom. The maximum Gasteiger partial charge on any atom is 0.187 e. The molecule has 5 atom stereocenters. The van der Waals surface area contributed by atoms with Crippen LogP contribution in [0.3, 0.4) is 0 Å². The van der Waals surface area contributed by atoms with Gasteiger partial charge in [-0.25, -0.2) is 0 Å². The maximum absolute atomic E-state index is 9.38. The van der Waals surface area contributed by atoms with Crippen molar-refractivity contribution in [1.82, 2.24) is 0 Å². The Morgan fingerprint density at radius 3 is 3.00 bits per heavy atom. The van der Waals surface area contributed by atoms with Crippen LogP contribution in [-0.4, -0.2) is 42.4 Å². The van der Waals surface area contributed by atoms with Gasteiger partial charge in [0.05, 0.1) is 6.61 Å². The molecule has 0 aliphatic carbocycles. The Morgan fingerprint density at radius 2 is 2.10 bits per heavy atom. The van der Waals surface area contributed by atoms with Crippen LogP contribution >= 0.6 is 0 Å². The van der Waals surface area contributed by atoms with Crippen LogP contribution in [0.15, 0.2) is 0 Å². The summed E-state index contributed by atoms with van der Waals surface area (Å²) in [5.41, 5.74) is 0. The van der Waals surface area contributed by atoms with Crippen molar-refractivity contribution >= 4 is 0 Å². The van der Waals surface area contributed by atoms with Gasteiger partial charge in [-0.3, -0.25) is 0 Å². The lowest BCUT2D eigenvalue weighted by Crippen LogP contribution is -2.41. The van der Waals surface area contributed by atoms with Gasteiger partial charge < -0.3 is 19.3 Å². The van der Waals surface area contributed by atoms with Crippen LogP contribution in [0.25, 0.3) is 0 Å². The monoisotopic (exact) mass is 144 g/mol. The van der Waals surface area contributed by atoms with Crippen LogP contribution in [0.2, 0.25) is 0 Å². The largest absolute Gasteiger partial charge is 0.387 e. The van der Waals surface area contributed by atoms with Crippen molar-refractivity contribution in [2.24, 2.45) is 0 Å². The molecular weight excluding hydrogens is 136 g/mol. The zero-order chi connectivity index (χ0) is 6.72. The van der Waals surface area contributed by atoms with E-state index in [0.29, 0.717) is 6.61 Å². The molecule has 1 N–H and O–H groups in total. The SMILES string of the molecule is O[C@H]1[C@@H]2OC[C@H]1O[C@H]1O[C@@H]12. The molecule has 0 saturated carbocycles. The standard InChI is InChI=1S/C6H8O4/c7-3-2-1-8-4(3)5-6(9-2)10-5/h2-7H,1H2/t2-,3-,4+,5-,6+/m1/s1. The van der Waals surface area contributed by atoms with Crippen LogP contribution in [0.4, 0.5) is 0 Å². The summed E-state index contributed by atoms with van der Waals surface area (Å²) in [6.45, 7) is 0.516. The van der Waals surface area contributed by atoms with E-state index in [4.69, 9.17) is 14.2 Å². The van der Waals surface area contributed by atoms with E-state index >= 15 is 0 Å². The van der Waals surface area contributed by atoms with Gasteiger partial charge in [0.1, 0.15) is 24.4 Å².